The fraction of sp³-hybridized carbons (Fsp3) is 0.889. The van der Waals surface area contributed by atoms with E-state index in [2.05, 4.69) is 10.6 Å². The van der Waals surface area contributed by atoms with Crippen LogP contribution in [-0.4, -0.2) is 24.5 Å². The lowest BCUT2D eigenvalue weighted by atomic mass is 9.89. The van der Waals surface area contributed by atoms with Crippen molar-refractivity contribution in [1.29, 1.82) is 0 Å². The molecule has 2 heterocycles. The topological polar surface area (TPSA) is 41.1 Å². The minimum absolute atomic E-state index is 0.167. The summed E-state index contributed by atoms with van der Waals surface area (Å²) in [6.45, 7) is 2.16. The Balaban J connectivity index is 2.03. The number of amides is 1. The van der Waals surface area contributed by atoms with Crippen LogP contribution in [0.2, 0.25) is 0 Å². The van der Waals surface area contributed by atoms with Crippen LogP contribution in [0.1, 0.15) is 32.1 Å². The van der Waals surface area contributed by atoms with Crippen LogP contribution < -0.4 is 10.6 Å². The predicted molar refractivity (Wildman–Crippen MR) is 46.8 cm³/mol. The number of nitrogens with one attached hydrogen (secondary N) is 2. The summed E-state index contributed by atoms with van der Waals surface area (Å²) in [5.74, 6) is 0.247. The van der Waals surface area contributed by atoms with Gasteiger partial charge < -0.3 is 10.6 Å². The highest BCUT2D eigenvalue weighted by Gasteiger charge is 2.37. The van der Waals surface area contributed by atoms with Gasteiger partial charge >= 0.3 is 0 Å². The average Bonchev–Trinajstić information content (AvgIpc) is 2.30. The van der Waals surface area contributed by atoms with Gasteiger partial charge in [0.1, 0.15) is 0 Å². The van der Waals surface area contributed by atoms with Crippen molar-refractivity contribution in [2.24, 2.45) is 0 Å². The van der Waals surface area contributed by atoms with Crippen molar-refractivity contribution in [1.82, 2.24) is 10.6 Å². The standard InChI is InChI=1S/C9H16N2O/c12-8-2-4-9(11-8)3-1-6-10-7-5-9/h10H,1-7H2,(H,11,12). The molecule has 1 amide bonds. The molecule has 2 aliphatic heterocycles. The molecule has 0 aliphatic carbocycles. The summed E-state index contributed by atoms with van der Waals surface area (Å²) >= 11 is 0. The molecule has 0 bridgehead atoms. The molecule has 2 saturated heterocycles. The van der Waals surface area contributed by atoms with E-state index in [1.165, 1.54) is 6.42 Å². The molecule has 2 fully saturated rings. The summed E-state index contributed by atoms with van der Waals surface area (Å²) in [6.07, 6.45) is 5.25. The van der Waals surface area contributed by atoms with Crippen LogP contribution in [0.4, 0.5) is 0 Å². The zero-order valence-corrected chi connectivity index (χ0v) is 7.36. The highest BCUT2D eigenvalue weighted by atomic mass is 16.2. The molecule has 2 aliphatic rings. The van der Waals surface area contributed by atoms with E-state index in [1.54, 1.807) is 0 Å². The van der Waals surface area contributed by atoms with Gasteiger partial charge in [0, 0.05) is 12.0 Å². The molecule has 0 aromatic rings. The van der Waals surface area contributed by atoms with Gasteiger partial charge in [-0.05, 0) is 38.8 Å². The Hall–Kier alpha value is -0.570. The first-order valence-corrected chi connectivity index (χ1v) is 4.83. The Kier molecular flexibility index (Phi) is 2.05. The van der Waals surface area contributed by atoms with Crippen molar-refractivity contribution in [2.45, 2.75) is 37.6 Å². The zero-order chi connectivity index (χ0) is 8.44. The van der Waals surface area contributed by atoms with Crippen LogP contribution in [0, 0.1) is 0 Å². The second-order valence-corrected chi connectivity index (χ2v) is 3.93. The van der Waals surface area contributed by atoms with Gasteiger partial charge in [-0.3, -0.25) is 4.79 Å². The fourth-order valence-electron chi connectivity index (χ4n) is 2.28. The molecule has 1 atom stereocenters. The summed E-state index contributed by atoms with van der Waals surface area (Å²) in [4.78, 5) is 11.1. The molecular formula is C9H16N2O. The molecule has 0 aromatic heterocycles. The Morgan fingerprint density at radius 1 is 1.17 bits per heavy atom. The van der Waals surface area contributed by atoms with Gasteiger partial charge in [0.2, 0.25) is 5.91 Å². The largest absolute Gasteiger partial charge is 0.351 e. The molecule has 0 saturated carbocycles. The van der Waals surface area contributed by atoms with E-state index >= 15 is 0 Å². The van der Waals surface area contributed by atoms with Crippen molar-refractivity contribution in [3.05, 3.63) is 0 Å². The van der Waals surface area contributed by atoms with Gasteiger partial charge in [-0.1, -0.05) is 0 Å². The van der Waals surface area contributed by atoms with Crippen LogP contribution in [0.3, 0.4) is 0 Å². The number of rotatable bonds is 0. The van der Waals surface area contributed by atoms with E-state index in [0.29, 0.717) is 0 Å². The molecule has 68 valence electrons. The smallest absolute Gasteiger partial charge is 0.220 e. The molecule has 3 heteroatoms. The Morgan fingerprint density at radius 3 is 2.83 bits per heavy atom. The molecule has 0 aromatic carbocycles. The highest BCUT2D eigenvalue weighted by molar-refractivity contribution is 5.79. The highest BCUT2D eigenvalue weighted by Crippen LogP contribution is 2.29. The fourth-order valence-corrected chi connectivity index (χ4v) is 2.28. The van der Waals surface area contributed by atoms with Gasteiger partial charge in [-0.25, -0.2) is 0 Å². The zero-order valence-electron chi connectivity index (χ0n) is 7.36. The summed E-state index contributed by atoms with van der Waals surface area (Å²) in [7, 11) is 0. The van der Waals surface area contributed by atoms with E-state index in [4.69, 9.17) is 0 Å². The summed E-state index contributed by atoms with van der Waals surface area (Å²) < 4.78 is 0. The molecule has 3 nitrogen and oxygen atoms in total. The van der Waals surface area contributed by atoms with Crippen LogP contribution >= 0.6 is 0 Å². The SMILES string of the molecule is O=C1CCC2(CCCNCC2)N1. The van der Waals surface area contributed by atoms with Crippen molar-refractivity contribution in [2.75, 3.05) is 13.1 Å². The Bertz CT molecular complexity index is 183. The Labute approximate surface area is 72.9 Å². The van der Waals surface area contributed by atoms with Crippen LogP contribution in [0.15, 0.2) is 0 Å². The lowest BCUT2D eigenvalue weighted by molar-refractivity contribution is -0.119. The lowest BCUT2D eigenvalue weighted by Gasteiger charge is -2.26. The molecule has 0 radical (unpaired) electrons. The normalized spacial score (nSPS) is 36.5. The van der Waals surface area contributed by atoms with E-state index in [-0.39, 0.29) is 11.4 Å². The minimum atomic E-state index is 0.167. The number of carbonyl (C=O) groups excluding carboxylic acids is 1. The third-order valence-corrected chi connectivity index (χ3v) is 3.02. The molecule has 12 heavy (non-hydrogen) atoms. The van der Waals surface area contributed by atoms with Gasteiger partial charge in [0.15, 0.2) is 0 Å². The third-order valence-electron chi connectivity index (χ3n) is 3.02. The van der Waals surface area contributed by atoms with E-state index in [0.717, 1.165) is 38.8 Å². The third kappa shape index (κ3) is 1.46. The Morgan fingerprint density at radius 2 is 2.08 bits per heavy atom. The van der Waals surface area contributed by atoms with Gasteiger partial charge in [-0.2, -0.15) is 0 Å². The van der Waals surface area contributed by atoms with Crippen LogP contribution in [0.25, 0.3) is 0 Å². The lowest BCUT2D eigenvalue weighted by Crippen LogP contribution is -2.41. The van der Waals surface area contributed by atoms with Crippen LogP contribution in [0.5, 0.6) is 0 Å². The predicted octanol–water partition coefficient (Wildman–Crippen LogP) is 0.409. The van der Waals surface area contributed by atoms with Crippen molar-refractivity contribution >= 4 is 5.91 Å². The van der Waals surface area contributed by atoms with Gasteiger partial charge in [0.25, 0.3) is 0 Å². The van der Waals surface area contributed by atoms with E-state index in [9.17, 15) is 4.79 Å². The number of hydrogen-bond acceptors (Lipinski definition) is 2. The number of hydrogen-bond donors (Lipinski definition) is 2. The van der Waals surface area contributed by atoms with Crippen LogP contribution in [-0.2, 0) is 4.79 Å². The maximum Gasteiger partial charge on any atom is 0.220 e. The summed E-state index contributed by atoms with van der Waals surface area (Å²) in [5.41, 5.74) is 0.167. The second kappa shape index (κ2) is 3.05. The van der Waals surface area contributed by atoms with Crippen molar-refractivity contribution in [3.63, 3.8) is 0 Å². The summed E-state index contributed by atoms with van der Waals surface area (Å²) in [5, 5.41) is 6.49. The van der Waals surface area contributed by atoms with E-state index < -0.39 is 0 Å². The van der Waals surface area contributed by atoms with Gasteiger partial charge in [-0.15, -0.1) is 0 Å². The average molecular weight is 168 g/mol. The second-order valence-electron chi connectivity index (χ2n) is 3.93. The maximum absolute atomic E-state index is 11.1. The molecule has 1 unspecified atom stereocenters. The monoisotopic (exact) mass is 168 g/mol. The quantitative estimate of drug-likeness (QED) is 0.550. The molecular weight excluding hydrogens is 152 g/mol. The van der Waals surface area contributed by atoms with Gasteiger partial charge in [0.05, 0.1) is 0 Å². The molecule has 2 N–H and O–H groups in total. The number of carbonyl (C=O) groups is 1. The molecule has 2 rings (SSSR count). The first-order chi connectivity index (χ1) is 5.81. The van der Waals surface area contributed by atoms with Crippen molar-refractivity contribution < 1.29 is 4.79 Å². The minimum Gasteiger partial charge on any atom is -0.351 e. The first-order valence-electron chi connectivity index (χ1n) is 4.83. The maximum atomic E-state index is 11.1. The first kappa shape index (κ1) is 8.05. The van der Waals surface area contributed by atoms with E-state index in [1.807, 2.05) is 0 Å². The van der Waals surface area contributed by atoms with Crippen molar-refractivity contribution in [3.8, 4) is 0 Å². The molecule has 1 spiro atoms. The summed E-state index contributed by atoms with van der Waals surface area (Å²) in [6, 6.07) is 0.